The third kappa shape index (κ3) is 5.38. The molecular weight excluding hydrogens is 316 g/mol. The summed E-state index contributed by atoms with van der Waals surface area (Å²) < 4.78 is 10.6. The van der Waals surface area contributed by atoms with E-state index in [1.807, 2.05) is 24.3 Å². The lowest BCUT2D eigenvalue weighted by Crippen LogP contribution is -2.13. The summed E-state index contributed by atoms with van der Waals surface area (Å²) in [6.07, 6.45) is 0.930. The second-order valence-corrected chi connectivity index (χ2v) is 5.32. The maximum Gasteiger partial charge on any atom is 0.224 e. The molecule has 0 saturated carbocycles. The number of methoxy groups -OCH3 is 1. The lowest BCUT2D eigenvalue weighted by molar-refractivity contribution is -0.116. The van der Waals surface area contributed by atoms with Gasteiger partial charge in [0, 0.05) is 12.1 Å². The summed E-state index contributed by atoms with van der Waals surface area (Å²) in [4.78, 5) is 11.9. The molecule has 0 saturated heterocycles. The molecule has 0 aliphatic rings. The van der Waals surface area contributed by atoms with E-state index >= 15 is 0 Å². The van der Waals surface area contributed by atoms with Gasteiger partial charge in [-0.2, -0.15) is 0 Å². The van der Waals surface area contributed by atoms with Gasteiger partial charge >= 0.3 is 0 Å². The fourth-order valence-electron chi connectivity index (χ4n) is 1.95. The van der Waals surface area contributed by atoms with Gasteiger partial charge in [-0.25, -0.2) is 0 Å². The maximum atomic E-state index is 11.9. The normalized spacial score (nSPS) is 10.2. The molecule has 0 aliphatic heterocycles. The largest absolute Gasteiger partial charge is 0.497 e. The Hall–Kier alpha value is -2.40. The summed E-state index contributed by atoms with van der Waals surface area (Å²) in [5.41, 5.74) is 6.74. The van der Waals surface area contributed by atoms with E-state index in [2.05, 4.69) is 5.32 Å². The Bertz CT molecular complexity index is 659. The predicted molar refractivity (Wildman–Crippen MR) is 92.2 cm³/mol. The summed E-state index contributed by atoms with van der Waals surface area (Å²) in [5.74, 6) is 1.39. The number of nitrogens with one attached hydrogen (secondary N) is 1. The van der Waals surface area contributed by atoms with E-state index < -0.39 is 0 Å². The number of hydrogen-bond donors (Lipinski definition) is 2. The predicted octanol–water partition coefficient (Wildman–Crippen LogP) is 3.73. The van der Waals surface area contributed by atoms with Crippen LogP contribution in [0.25, 0.3) is 0 Å². The van der Waals surface area contributed by atoms with E-state index in [0.29, 0.717) is 35.8 Å². The number of hydrogen-bond acceptors (Lipinski definition) is 4. The van der Waals surface area contributed by atoms with Gasteiger partial charge in [0.2, 0.25) is 5.91 Å². The highest BCUT2D eigenvalue weighted by molar-refractivity contribution is 6.33. The van der Waals surface area contributed by atoms with E-state index in [1.54, 1.807) is 25.3 Å². The van der Waals surface area contributed by atoms with Crippen molar-refractivity contribution >= 4 is 28.9 Å². The molecule has 6 heteroatoms. The van der Waals surface area contributed by atoms with Crippen LogP contribution in [0, 0.1) is 0 Å². The number of carbonyl (C=O) groups excluding carboxylic acids is 1. The molecule has 0 aliphatic carbocycles. The second-order valence-electron chi connectivity index (χ2n) is 4.92. The molecule has 2 aromatic carbocycles. The number of ether oxygens (including phenoxy) is 2. The van der Waals surface area contributed by atoms with Gasteiger partial charge in [-0.1, -0.05) is 11.6 Å². The highest BCUT2D eigenvalue weighted by Gasteiger charge is 2.06. The highest BCUT2D eigenvalue weighted by Crippen LogP contribution is 2.24. The molecule has 3 N–H and O–H groups in total. The lowest BCUT2D eigenvalue weighted by Gasteiger charge is -2.09. The first-order chi connectivity index (χ1) is 11.1. The zero-order chi connectivity index (χ0) is 16.7. The van der Waals surface area contributed by atoms with Crippen molar-refractivity contribution in [2.45, 2.75) is 12.8 Å². The highest BCUT2D eigenvalue weighted by atomic mass is 35.5. The number of benzene rings is 2. The van der Waals surface area contributed by atoms with Crippen molar-refractivity contribution in [3.63, 3.8) is 0 Å². The third-order valence-electron chi connectivity index (χ3n) is 3.14. The quantitative estimate of drug-likeness (QED) is 0.597. The van der Waals surface area contributed by atoms with E-state index in [4.69, 9.17) is 26.8 Å². The summed E-state index contributed by atoms with van der Waals surface area (Å²) in [6.45, 7) is 0.449. The van der Waals surface area contributed by atoms with Gasteiger partial charge < -0.3 is 20.5 Å². The molecule has 0 aromatic heterocycles. The third-order valence-corrected chi connectivity index (χ3v) is 3.47. The first-order valence-electron chi connectivity index (χ1n) is 7.20. The van der Waals surface area contributed by atoms with Gasteiger partial charge in [-0.3, -0.25) is 4.79 Å². The van der Waals surface area contributed by atoms with Crippen molar-refractivity contribution < 1.29 is 14.3 Å². The molecule has 0 unspecified atom stereocenters. The van der Waals surface area contributed by atoms with Crippen LogP contribution in [0.2, 0.25) is 5.02 Å². The summed E-state index contributed by atoms with van der Waals surface area (Å²) >= 11 is 6.00. The maximum absolute atomic E-state index is 11.9. The van der Waals surface area contributed by atoms with Gasteiger partial charge in [0.05, 0.1) is 24.4 Å². The van der Waals surface area contributed by atoms with Crippen molar-refractivity contribution in [2.75, 3.05) is 24.8 Å². The van der Waals surface area contributed by atoms with Gasteiger partial charge in [0.1, 0.15) is 11.5 Å². The smallest absolute Gasteiger partial charge is 0.224 e. The zero-order valence-electron chi connectivity index (χ0n) is 12.8. The molecule has 1 amide bonds. The summed E-state index contributed by atoms with van der Waals surface area (Å²) in [6, 6.07) is 12.3. The van der Waals surface area contributed by atoms with Crippen LogP contribution < -0.4 is 20.5 Å². The van der Waals surface area contributed by atoms with E-state index in [0.717, 1.165) is 11.5 Å². The fourth-order valence-corrected chi connectivity index (χ4v) is 2.11. The molecule has 0 bridgehead atoms. The number of carbonyl (C=O) groups is 1. The second kappa shape index (κ2) is 8.29. The van der Waals surface area contributed by atoms with Crippen LogP contribution >= 0.6 is 11.6 Å². The van der Waals surface area contributed by atoms with E-state index in [1.165, 1.54) is 0 Å². The molecule has 23 heavy (non-hydrogen) atoms. The van der Waals surface area contributed by atoms with E-state index in [9.17, 15) is 4.79 Å². The number of amides is 1. The molecule has 5 nitrogen and oxygen atoms in total. The SMILES string of the molecule is COc1ccc(OCCCC(=O)Nc2cc(N)ccc2Cl)cc1. The Kier molecular flexibility index (Phi) is 6.11. The Balaban J connectivity index is 1.73. The topological polar surface area (TPSA) is 73.6 Å². The van der Waals surface area contributed by atoms with Gasteiger partial charge in [0.25, 0.3) is 0 Å². The standard InChI is InChI=1S/C17H19ClN2O3/c1-22-13-5-7-14(8-6-13)23-10-2-3-17(21)20-16-11-12(19)4-9-15(16)18/h4-9,11H,2-3,10,19H2,1H3,(H,20,21). The Morgan fingerprint density at radius 2 is 1.87 bits per heavy atom. The molecule has 2 aromatic rings. The van der Waals surface area contributed by atoms with Crippen molar-refractivity contribution in [2.24, 2.45) is 0 Å². The first kappa shape index (κ1) is 17.0. The number of nitrogens with two attached hydrogens (primary N) is 1. The van der Waals surface area contributed by atoms with Crippen LogP contribution in [-0.2, 0) is 4.79 Å². The Morgan fingerprint density at radius 3 is 2.57 bits per heavy atom. The van der Waals surface area contributed by atoms with Gasteiger partial charge in [-0.05, 0) is 48.9 Å². The van der Waals surface area contributed by atoms with Gasteiger partial charge in [-0.15, -0.1) is 0 Å². The molecule has 2 rings (SSSR count). The molecular formula is C17H19ClN2O3. The van der Waals surface area contributed by atoms with Crippen LogP contribution in [0.3, 0.4) is 0 Å². The zero-order valence-corrected chi connectivity index (χ0v) is 13.6. The van der Waals surface area contributed by atoms with Crippen LogP contribution in [0.1, 0.15) is 12.8 Å². The Morgan fingerprint density at radius 1 is 1.17 bits per heavy atom. The van der Waals surface area contributed by atoms with Crippen LogP contribution in [-0.4, -0.2) is 19.6 Å². The lowest BCUT2D eigenvalue weighted by atomic mass is 10.2. The van der Waals surface area contributed by atoms with Crippen molar-refractivity contribution in [1.29, 1.82) is 0 Å². The molecule has 0 heterocycles. The summed E-state index contributed by atoms with van der Waals surface area (Å²) in [7, 11) is 1.61. The minimum Gasteiger partial charge on any atom is -0.497 e. The molecule has 122 valence electrons. The van der Waals surface area contributed by atoms with Crippen molar-refractivity contribution in [3.8, 4) is 11.5 Å². The van der Waals surface area contributed by atoms with Crippen molar-refractivity contribution in [1.82, 2.24) is 0 Å². The number of halogens is 1. The molecule has 0 atom stereocenters. The number of nitrogen functional groups attached to an aromatic ring is 1. The Labute approximate surface area is 140 Å². The monoisotopic (exact) mass is 334 g/mol. The minimum absolute atomic E-state index is 0.129. The number of anilines is 2. The van der Waals surface area contributed by atoms with Gasteiger partial charge in [0.15, 0.2) is 0 Å². The number of rotatable bonds is 7. The first-order valence-corrected chi connectivity index (χ1v) is 7.58. The van der Waals surface area contributed by atoms with Crippen LogP contribution in [0.5, 0.6) is 11.5 Å². The van der Waals surface area contributed by atoms with Crippen LogP contribution in [0.15, 0.2) is 42.5 Å². The van der Waals surface area contributed by atoms with Crippen LogP contribution in [0.4, 0.5) is 11.4 Å². The minimum atomic E-state index is -0.129. The fraction of sp³-hybridized carbons (Fsp3) is 0.235. The average molecular weight is 335 g/mol. The molecule has 0 spiro atoms. The molecule has 0 radical (unpaired) electrons. The van der Waals surface area contributed by atoms with Crippen molar-refractivity contribution in [3.05, 3.63) is 47.5 Å². The molecule has 0 fully saturated rings. The average Bonchev–Trinajstić information content (AvgIpc) is 2.55. The summed E-state index contributed by atoms with van der Waals surface area (Å²) in [5, 5.41) is 3.20. The van der Waals surface area contributed by atoms with E-state index in [-0.39, 0.29) is 5.91 Å².